The van der Waals surface area contributed by atoms with Gasteiger partial charge in [0.25, 0.3) is 0 Å². The van der Waals surface area contributed by atoms with Gasteiger partial charge in [0.1, 0.15) is 0 Å². The van der Waals surface area contributed by atoms with Crippen LogP contribution in [0.15, 0.2) is 36.4 Å². The Kier molecular flexibility index (Phi) is 4.05. The van der Waals surface area contributed by atoms with Gasteiger partial charge in [-0.15, -0.1) is 0 Å². The number of hydroxylamine groups is 1. The summed E-state index contributed by atoms with van der Waals surface area (Å²) in [6, 6.07) is 6.50. The summed E-state index contributed by atoms with van der Waals surface area (Å²) in [4.78, 5) is 21.7. The van der Waals surface area contributed by atoms with Crippen molar-refractivity contribution in [1.29, 1.82) is 0 Å². The molecule has 16 heavy (non-hydrogen) atoms. The molecule has 6 heteroatoms. The monoisotopic (exact) mass is 220 g/mol. The fourth-order valence-electron chi connectivity index (χ4n) is 0.936. The maximum atomic E-state index is 11.2. The lowest BCUT2D eigenvalue weighted by atomic mass is 10.3. The summed E-state index contributed by atoms with van der Waals surface area (Å²) in [6.45, 7) is 0. The van der Waals surface area contributed by atoms with Crippen LogP contribution in [-0.4, -0.2) is 11.8 Å². The first kappa shape index (κ1) is 11.7. The lowest BCUT2D eigenvalue weighted by molar-refractivity contribution is -0.116. The third-order valence-electron chi connectivity index (χ3n) is 1.66. The first-order chi connectivity index (χ1) is 7.61. The number of rotatable bonds is 3. The normalized spacial score (nSPS) is 10.1. The number of hydrogen-bond donors (Lipinski definition) is 3. The Morgan fingerprint density at radius 3 is 2.25 bits per heavy atom. The Morgan fingerprint density at radius 2 is 1.69 bits per heavy atom. The number of nitrogen functional groups attached to an aromatic ring is 1. The Morgan fingerprint density at radius 1 is 1.12 bits per heavy atom. The van der Waals surface area contributed by atoms with Crippen molar-refractivity contribution in [3.05, 3.63) is 41.6 Å². The molecule has 0 spiro atoms. The van der Waals surface area contributed by atoms with E-state index in [1.54, 1.807) is 24.3 Å². The summed E-state index contributed by atoms with van der Waals surface area (Å²) >= 11 is 0. The van der Waals surface area contributed by atoms with Gasteiger partial charge in [0.05, 0.1) is 0 Å². The standard InChI is InChI=1S/C10H10N3O3/c11-7-1-3-8(4-2-7)12-9(14)5-6-10(15)13-16/h1-6H,(H4-,11,12,13,14,15,16)/q-1. The Bertz CT molecular complexity index is 412. The Hall–Kier alpha value is -2.34. The highest BCUT2D eigenvalue weighted by atomic mass is 16.5. The van der Waals surface area contributed by atoms with E-state index < -0.39 is 11.8 Å². The predicted molar refractivity (Wildman–Crippen MR) is 60.1 cm³/mol. The van der Waals surface area contributed by atoms with E-state index in [4.69, 9.17) is 5.73 Å². The van der Waals surface area contributed by atoms with Gasteiger partial charge in [-0.25, -0.2) is 0 Å². The molecule has 1 aromatic carbocycles. The second kappa shape index (κ2) is 5.52. The maximum absolute atomic E-state index is 11.2. The molecule has 0 atom stereocenters. The van der Waals surface area contributed by atoms with E-state index in [9.17, 15) is 14.8 Å². The fraction of sp³-hybridized carbons (Fsp3) is 0. The second-order valence-electron chi connectivity index (χ2n) is 2.91. The summed E-state index contributed by atoms with van der Waals surface area (Å²) < 4.78 is 0. The zero-order valence-electron chi connectivity index (χ0n) is 8.27. The van der Waals surface area contributed by atoms with Gasteiger partial charge in [-0.3, -0.25) is 9.59 Å². The first-order valence-corrected chi connectivity index (χ1v) is 4.38. The smallest absolute Gasteiger partial charge is 0.248 e. The van der Waals surface area contributed by atoms with Crippen molar-refractivity contribution in [2.45, 2.75) is 0 Å². The molecule has 2 amide bonds. The molecule has 0 aromatic heterocycles. The molecule has 0 aliphatic heterocycles. The molecule has 0 bridgehead atoms. The summed E-state index contributed by atoms with van der Waals surface area (Å²) in [5.74, 6) is -1.39. The molecular formula is C10H10N3O3-. The van der Waals surface area contributed by atoms with Crippen molar-refractivity contribution >= 4 is 23.2 Å². The minimum atomic E-state index is -0.882. The zero-order chi connectivity index (χ0) is 12.0. The van der Waals surface area contributed by atoms with Crippen LogP contribution in [0.1, 0.15) is 0 Å². The van der Waals surface area contributed by atoms with Crippen molar-refractivity contribution in [3.8, 4) is 0 Å². The average Bonchev–Trinajstić information content (AvgIpc) is 2.29. The van der Waals surface area contributed by atoms with Crippen molar-refractivity contribution in [1.82, 2.24) is 5.48 Å². The lowest BCUT2D eigenvalue weighted by Crippen LogP contribution is -2.14. The van der Waals surface area contributed by atoms with Gasteiger partial charge in [-0.05, 0) is 24.3 Å². The van der Waals surface area contributed by atoms with E-state index >= 15 is 0 Å². The minimum absolute atomic E-state index is 0.506. The number of benzene rings is 1. The molecule has 4 N–H and O–H groups in total. The van der Waals surface area contributed by atoms with Crippen LogP contribution in [-0.2, 0) is 9.59 Å². The van der Waals surface area contributed by atoms with E-state index in [2.05, 4.69) is 5.32 Å². The van der Waals surface area contributed by atoms with Crippen molar-refractivity contribution in [2.24, 2.45) is 0 Å². The van der Waals surface area contributed by atoms with Crippen molar-refractivity contribution in [2.75, 3.05) is 11.1 Å². The molecule has 6 nitrogen and oxygen atoms in total. The topological polar surface area (TPSA) is 107 Å². The van der Waals surface area contributed by atoms with E-state index in [1.165, 1.54) is 0 Å². The quantitative estimate of drug-likeness (QED) is 0.388. The molecule has 0 aliphatic carbocycles. The lowest BCUT2D eigenvalue weighted by Gasteiger charge is -2.03. The minimum Gasteiger partial charge on any atom is -0.759 e. The van der Waals surface area contributed by atoms with Gasteiger partial charge in [0.2, 0.25) is 11.8 Å². The average molecular weight is 220 g/mol. The number of nitrogens with two attached hydrogens (primary N) is 1. The molecule has 0 saturated carbocycles. The SMILES string of the molecule is Nc1ccc(NC(=O)/C=C\C(=O)N[O-])cc1. The van der Waals surface area contributed by atoms with Gasteiger partial charge in [-0.2, -0.15) is 0 Å². The molecule has 1 rings (SSSR count). The number of carbonyl (C=O) groups excluding carboxylic acids is 2. The largest absolute Gasteiger partial charge is 0.759 e. The molecule has 0 aliphatic rings. The fourth-order valence-corrected chi connectivity index (χ4v) is 0.936. The zero-order valence-corrected chi connectivity index (χ0v) is 8.27. The summed E-state index contributed by atoms with van der Waals surface area (Å²) in [6.07, 6.45) is 1.81. The maximum Gasteiger partial charge on any atom is 0.248 e. The van der Waals surface area contributed by atoms with E-state index in [0.29, 0.717) is 11.4 Å². The summed E-state index contributed by atoms with van der Waals surface area (Å²) in [5, 5.41) is 12.3. The van der Waals surface area contributed by atoms with Crippen LogP contribution >= 0.6 is 0 Å². The Labute approximate surface area is 91.7 Å². The number of hydrogen-bond acceptors (Lipinski definition) is 4. The van der Waals surface area contributed by atoms with Crippen molar-refractivity contribution < 1.29 is 9.59 Å². The third kappa shape index (κ3) is 3.81. The van der Waals surface area contributed by atoms with E-state index in [1.807, 2.05) is 0 Å². The summed E-state index contributed by atoms with van der Waals surface area (Å²) in [5.41, 5.74) is 7.71. The molecular weight excluding hydrogens is 210 g/mol. The number of carbonyl (C=O) groups is 2. The molecule has 0 saturated heterocycles. The Balaban J connectivity index is 2.55. The highest BCUT2D eigenvalue weighted by Gasteiger charge is 1.97. The van der Waals surface area contributed by atoms with Crippen LogP contribution < -0.4 is 16.5 Å². The molecule has 0 fully saturated rings. The number of nitrogens with one attached hydrogen (secondary N) is 2. The van der Waals surface area contributed by atoms with Gasteiger partial charge in [0.15, 0.2) is 0 Å². The predicted octanol–water partition coefficient (Wildman–Crippen LogP) is 0.377. The first-order valence-electron chi connectivity index (χ1n) is 4.38. The van der Waals surface area contributed by atoms with Gasteiger partial charge in [-0.1, -0.05) is 0 Å². The van der Waals surface area contributed by atoms with E-state index in [0.717, 1.165) is 17.6 Å². The molecule has 0 radical (unpaired) electrons. The van der Waals surface area contributed by atoms with Crippen LogP contribution in [0.25, 0.3) is 0 Å². The highest BCUT2D eigenvalue weighted by molar-refractivity contribution is 6.03. The van der Waals surface area contributed by atoms with Crippen LogP contribution in [0.3, 0.4) is 0 Å². The van der Waals surface area contributed by atoms with Crippen LogP contribution in [0, 0.1) is 5.21 Å². The third-order valence-corrected chi connectivity index (χ3v) is 1.66. The summed E-state index contributed by atoms with van der Waals surface area (Å²) in [7, 11) is 0. The molecule has 84 valence electrons. The number of anilines is 2. The van der Waals surface area contributed by atoms with Gasteiger partial charge < -0.3 is 21.7 Å². The highest BCUT2D eigenvalue weighted by Crippen LogP contribution is 2.10. The van der Waals surface area contributed by atoms with Crippen molar-refractivity contribution in [3.63, 3.8) is 0 Å². The molecule has 0 heterocycles. The second-order valence-corrected chi connectivity index (χ2v) is 2.91. The van der Waals surface area contributed by atoms with Gasteiger partial charge in [0, 0.05) is 23.5 Å². The van der Waals surface area contributed by atoms with E-state index in [-0.39, 0.29) is 0 Å². The van der Waals surface area contributed by atoms with Gasteiger partial charge >= 0.3 is 0 Å². The molecule has 1 aromatic rings. The van der Waals surface area contributed by atoms with Crippen LogP contribution in [0.2, 0.25) is 0 Å². The molecule has 0 unspecified atom stereocenters. The number of amides is 2. The van der Waals surface area contributed by atoms with Crippen LogP contribution in [0.5, 0.6) is 0 Å². The van der Waals surface area contributed by atoms with Crippen LogP contribution in [0.4, 0.5) is 11.4 Å².